The normalized spacial score (nSPS) is 23.2. The zero-order valence-corrected chi connectivity index (χ0v) is 21.0. The monoisotopic (exact) mass is 518 g/mol. The maximum atomic E-state index is 11.9. The Labute approximate surface area is 208 Å². The van der Waals surface area contributed by atoms with Crippen molar-refractivity contribution < 1.29 is 57.6 Å². The number of aliphatic carboxylic acids is 1. The minimum atomic E-state index is -1.18. The van der Waals surface area contributed by atoms with E-state index in [9.17, 15) is 28.8 Å². The summed E-state index contributed by atoms with van der Waals surface area (Å²) in [5.74, 6) is -4.04. The summed E-state index contributed by atoms with van der Waals surface area (Å²) in [5.41, 5.74) is 0. The number of amides is 2. The molecule has 2 N–H and O–H groups in total. The Kier molecular flexibility index (Phi) is 12.8. The summed E-state index contributed by atoms with van der Waals surface area (Å²) in [4.78, 5) is 70.4. The molecule has 1 aliphatic heterocycles. The number of rotatable bonds is 13. The number of nitrogens with one attached hydrogen (secondary N) is 1. The number of carboxylic acids is 1. The van der Waals surface area contributed by atoms with Crippen LogP contribution in [0.25, 0.3) is 0 Å². The first-order chi connectivity index (χ1) is 16.8. The fourth-order valence-corrected chi connectivity index (χ4v) is 3.66. The highest BCUT2D eigenvalue weighted by molar-refractivity contribution is 5.79. The fourth-order valence-electron chi connectivity index (χ4n) is 3.66. The lowest BCUT2D eigenvalue weighted by molar-refractivity contribution is -0.225. The maximum Gasteiger partial charge on any atom is 0.323 e. The van der Waals surface area contributed by atoms with Crippen molar-refractivity contribution in [3.8, 4) is 0 Å². The second-order valence-electron chi connectivity index (χ2n) is 8.13. The molecule has 0 unspecified atom stereocenters. The van der Waals surface area contributed by atoms with Crippen molar-refractivity contribution in [3.05, 3.63) is 0 Å². The molecule has 0 spiro atoms. The number of esters is 3. The van der Waals surface area contributed by atoms with Crippen LogP contribution in [0.5, 0.6) is 0 Å². The highest BCUT2D eigenvalue weighted by Crippen LogP contribution is 2.28. The summed E-state index contributed by atoms with van der Waals surface area (Å²) >= 11 is 0. The summed E-state index contributed by atoms with van der Waals surface area (Å²) in [6.07, 6.45) is -4.00. The summed E-state index contributed by atoms with van der Waals surface area (Å²) in [6.45, 7) is 5.35. The number of carbonyl (C=O) groups is 6. The molecule has 1 aliphatic rings. The Morgan fingerprint density at radius 1 is 0.861 bits per heavy atom. The quantitative estimate of drug-likeness (QED) is 0.173. The first-order valence-electron chi connectivity index (χ1n) is 11.3. The molecule has 1 rings (SSSR count). The lowest BCUT2D eigenvalue weighted by Crippen LogP contribution is -2.66. The topological polar surface area (TPSA) is 184 Å². The number of hydrogen-bond donors (Lipinski definition) is 2. The van der Waals surface area contributed by atoms with Crippen LogP contribution in [0.3, 0.4) is 0 Å². The predicted molar refractivity (Wildman–Crippen MR) is 119 cm³/mol. The molecule has 1 fully saturated rings. The number of carbonyl (C=O) groups excluding carboxylic acids is 5. The maximum absolute atomic E-state index is 11.9. The van der Waals surface area contributed by atoms with Crippen LogP contribution in [0.4, 0.5) is 0 Å². The van der Waals surface area contributed by atoms with Gasteiger partial charge in [0, 0.05) is 47.8 Å². The number of carboxylic acid groups (broad SMARTS) is 1. The molecule has 1 saturated heterocycles. The molecular weight excluding hydrogens is 484 g/mol. The Morgan fingerprint density at radius 2 is 1.47 bits per heavy atom. The van der Waals surface area contributed by atoms with Crippen molar-refractivity contribution in [3.63, 3.8) is 0 Å². The molecule has 204 valence electrons. The third-order valence-corrected chi connectivity index (χ3v) is 5.04. The molecule has 36 heavy (non-hydrogen) atoms. The molecule has 0 aromatic heterocycles. The van der Waals surface area contributed by atoms with E-state index in [1.54, 1.807) is 0 Å². The Morgan fingerprint density at radius 3 is 1.97 bits per heavy atom. The van der Waals surface area contributed by atoms with E-state index in [4.69, 9.17) is 28.8 Å². The van der Waals surface area contributed by atoms with E-state index in [-0.39, 0.29) is 32.8 Å². The van der Waals surface area contributed by atoms with Crippen LogP contribution < -0.4 is 5.32 Å². The van der Waals surface area contributed by atoms with Crippen LogP contribution in [0, 0.1) is 0 Å². The smallest absolute Gasteiger partial charge is 0.323 e. The Bertz CT molecular complexity index is 817. The lowest BCUT2D eigenvalue weighted by Gasteiger charge is -2.45. The predicted octanol–water partition coefficient (Wildman–Crippen LogP) is -0.975. The Balaban J connectivity index is 3.02. The van der Waals surface area contributed by atoms with Gasteiger partial charge in [-0.25, -0.2) is 0 Å². The molecule has 0 aromatic rings. The van der Waals surface area contributed by atoms with Crippen LogP contribution in [0.1, 0.15) is 41.0 Å². The van der Waals surface area contributed by atoms with E-state index < -0.39 is 72.7 Å². The van der Waals surface area contributed by atoms with Crippen molar-refractivity contribution in [2.24, 2.45) is 0 Å². The minimum Gasteiger partial charge on any atom is -0.480 e. The highest BCUT2D eigenvalue weighted by Gasteiger charge is 2.50. The van der Waals surface area contributed by atoms with E-state index in [1.165, 1.54) is 20.8 Å². The average molecular weight is 519 g/mol. The van der Waals surface area contributed by atoms with E-state index in [0.29, 0.717) is 0 Å². The van der Waals surface area contributed by atoms with Crippen LogP contribution >= 0.6 is 0 Å². The molecule has 5 atom stereocenters. The van der Waals surface area contributed by atoms with E-state index in [2.05, 4.69) is 5.32 Å². The van der Waals surface area contributed by atoms with Crippen LogP contribution in [0.2, 0.25) is 0 Å². The molecule has 0 bridgehead atoms. The molecule has 0 radical (unpaired) electrons. The van der Waals surface area contributed by atoms with Gasteiger partial charge in [-0.15, -0.1) is 0 Å². The zero-order chi connectivity index (χ0) is 27.4. The van der Waals surface area contributed by atoms with Gasteiger partial charge in [0.15, 0.2) is 12.2 Å². The van der Waals surface area contributed by atoms with Gasteiger partial charge >= 0.3 is 23.9 Å². The van der Waals surface area contributed by atoms with Gasteiger partial charge in [-0.3, -0.25) is 28.8 Å². The SMILES string of the molecule is CC(=O)N[C@H]1[C@@H](OC(C)=O)[C@@H](OC(C)=O)[C@@H](COC(C)=O)O[C@H]1CCOCCN(CC(=O)O)C(C)=O. The molecular formula is C22H34N2O12. The van der Waals surface area contributed by atoms with Gasteiger partial charge in [-0.2, -0.15) is 0 Å². The third-order valence-electron chi connectivity index (χ3n) is 5.04. The number of nitrogens with zero attached hydrogens (tertiary/aromatic N) is 1. The van der Waals surface area contributed by atoms with Gasteiger partial charge in [0.2, 0.25) is 11.8 Å². The summed E-state index contributed by atoms with van der Waals surface area (Å²) in [6, 6.07) is -0.936. The van der Waals surface area contributed by atoms with Gasteiger partial charge in [0.05, 0.1) is 18.8 Å². The van der Waals surface area contributed by atoms with E-state index in [0.717, 1.165) is 18.7 Å². The summed E-state index contributed by atoms with van der Waals surface area (Å²) in [5, 5.41) is 11.5. The van der Waals surface area contributed by atoms with Crippen LogP contribution in [-0.4, -0.2) is 109 Å². The van der Waals surface area contributed by atoms with Gasteiger partial charge in [0.1, 0.15) is 19.3 Å². The fraction of sp³-hybridized carbons (Fsp3) is 0.727. The molecule has 0 saturated carbocycles. The zero-order valence-electron chi connectivity index (χ0n) is 21.0. The second kappa shape index (κ2) is 15.0. The first kappa shape index (κ1) is 30.8. The molecule has 14 heteroatoms. The second-order valence-corrected chi connectivity index (χ2v) is 8.13. The largest absolute Gasteiger partial charge is 0.480 e. The van der Waals surface area contributed by atoms with E-state index >= 15 is 0 Å². The standard InChI is InChI=1S/C22H34N2O12/c1-12(25)23-20-17(6-8-32-9-7-24(13(2)26)10-19(30)31)36-18(11-33-14(3)27)21(34-15(4)28)22(20)35-16(5)29/h17-18,20-22H,6-11H2,1-5H3,(H,23,25)(H,30,31)/t17-,18+,20+,21-,22+/m0/s1. The molecule has 0 aliphatic carbocycles. The van der Waals surface area contributed by atoms with Crippen LogP contribution in [-0.2, 0) is 52.5 Å². The lowest BCUT2D eigenvalue weighted by atomic mass is 9.90. The average Bonchev–Trinajstić information content (AvgIpc) is 2.73. The van der Waals surface area contributed by atoms with Crippen molar-refractivity contribution in [2.75, 3.05) is 32.9 Å². The molecule has 2 amide bonds. The van der Waals surface area contributed by atoms with Gasteiger partial charge < -0.3 is 39.0 Å². The first-order valence-corrected chi connectivity index (χ1v) is 11.3. The molecule has 14 nitrogen and oxygen atoms in total. The van der Waals surface area contributed by atoms with Crippen LogP contribution in [0.15, 0.2) is 0 Å². The minimum absolute atomic E-state index is 0.0324. The van der Waals surface area contributed by atoms with E-state index in [1.807, 2.05) is 0 Å². The molecule has 1 heterocycles. The number of ether oxygens (including phenoxy) is 5. The van der Waals surface area contributed by atoms with Gasteiger partial charge in [-0.1, -0.05) is 0 Å². The van der Waals surface area contributed by atoms with Gasteiger partial charge in [-0.05, 0) is 6.42 Å². The third kappa shape index (κ3) is 11.0. The van der Waals surface area contributed by atoms with Crippen molar-refractivity contribution in [1.82, 2.24) is 10.2 Å². The van der Waals surface area contributed by atoms with Crippen molar-refractivity contribution in [2.45, 2.75) is 71.5 Å². The number of hydrogen-bond acceptors (Lipinski definition) is 11. The summed E-state index contributed by atoms with van der Waals surface area (Å²) < 4.78 is 27.3. The van der Waals surface area contributed by atoms with Crippen molar-refractivity contribution >= 4 is 35.7 Å². The van der Waals surface area contributed by atoms with Gasteiger partial charge in [0.25, 0.3) is 0 Å². The molecule has 0 aromatic carbocycles. The summed E-state index contributed by atoms with van der Waals surface area (Å²) in [7, 11) is 0. The van der Waals surface area contributed by atoms with Crippen molar-refractivity contribution in [1.29, 1.82) is 0 Å². The highest BCUT2D eigenvalue weighted by atomic mass is 16.6. The Hall–Kier alpha value is -3.26.